The fourth-order valence-corrected chi connectivity index (χ4v) is 1.38. The average Bonchev–Trinajstić information content (AvgIpc) is 2.21. The highest BCUT2D eigenvalue weighted by Gasteiger charge is 2.26. The first-order valence-electron chi connectivity index (χ1n) is 5.09. The topological polar surface area (TPSA) is 26.0 Å². The summed E-state index contributed by atoms with van der Waals surface area (Å²) in [7, 11) is 0. The van der Waals surface area contributed by atoms with Crippen molar-refractivity contribution in [1.82, 2.24) is 0 Å². The smallest absolute Gasteiger partial charge is 0.159 e. The summed E-state index contributed by atoms with van der Waals surface area (Å²) in [6.45, 7) is 6.05. The number of nitrogens with two attached hydrogens (primary N) is 1. The number of benzene rings is 1. The molecule has 0 saturated carbocycles. The van der Waals surface area contributed by atoms with E-state index in [1.807, 2.05) is 20.8 Å². The van der Waals surface area contributed by atoms with Gasteiger partial charge in [-0.3, -0.25) is 0 Å². The molecule has 1 atom stereocenters. The average molecular weight is 213 g/mol. The summed E-state index contributed by atoms with van der Waals surface area (Å²) in [4.78, 5) is 0. The van der Waals surface area contributed by atoms with Gasteiger partial charge in [-0.25, -0.2) is 8.78 Å². The Labute approximate surface area is 89.3 Å². The Morgan fingerprint density at radius 2 is 1.87 bits per heavy atom. The van der Waals surface area contributed by atoms with Crippen molar-refractivity contribution in [3.05, 3.63) is 35.4 Å². The molecule has 0 aliphatic heterocycles. The SMILES string of the molecule is CCC(C)(C)C(N)c1ccc(F)c(F)c1. The van der Waals surface area contributed by atoms with Crippen LogP contribution in [0, 0.1) is 17.0 Å². The maximum absolute atomic E-state index is 13.0. The van der Waals surface area contributed by atoms with Crippen LogP contribution in [0.2, 0.25) is 0 Å². The molecular formula is C12H17F2N. The molecule has 0 spiro atoms. The number of rotatable bonds is 3. The predicted octanol–water partition coefficient (Wildman–Crippen LogP) is 3.40. The minimum Gasteiger partial charge on any atom is -0.324 e. The quantitative estimate of drug-likeness (QED) is 0.818. The third-order valence-corrected chi connectivity index (χ3v) is 3.06. The summed E-state index contributed by atoms with van der Waals surface area (Å²) in [6.07, 6.45) is 0.882. The van der Waals surface area contributed by atoms with Crippen LogP contribution < -0.4 is 5.73 Å². The van der Waals surface area contributed by atoms with Crippen molar-refractivity contribution in [1.29, 1.82) is 0 Å². The van der Waals surface area contributed by atoms with Gasteiger partial charge in [0.25, 0.3) is 0 Å². The summed E-state index contributed by atoms with van der Waals surface area (Å²) in [5, 5.41) is 0. The van der Waals surface area contributed by atoms with E-state index in [1.54, 1.807) is 6.07 Å². The standard InChI is InChI=1S/C12H17F2N/c1-4-12(2,3)11(15)8-5-6-9(13)10(14)7-8/h5-7,11H,4,15H2,1-3H3. The normalized spacial score (nSPS) is 14.0. The lowest BCUT2D eigenvalue weighted by Crippen LogP contribution is -2.28. The summed E-state index contributed by atoms with van der Waals surface area (Å²) in [5.74, 6) is -1.67. The zero-order chi connectivity index (χ0) is 11.6. The molecule has 1 unspecified atom stereocenters. The van der Waals surface area contributed by atoms with Crippen molar-refractivity contribution in [2.24, 2.45) is 11.1 Å². The second-order valence-corrected chi connectivity index (χ2v) is 4.49. The molecule has 1 aromatic carbocycles. The van der Waals surface area contributed by atoms with Crippen LogP contribution in [0.5, 0.6) is 0 Å². The maximum Gasteiger partial charge on any atom is 0.159 e. The van der Waals surface area contributed by atoms with Gasteiger partial charge in [0.15, 0.2) is 11.6 Å². The van der Waals surface area contributed by atoms with E-state index in [0.29, 0.717) is 5.56 Å². The van der Waals surface area contributed by atoms with Gasteiger partial charge in [0.05, 0.1) is 0 Å². The van der Waals surface area contributed by atoms with Gasteiger partial charge < -0.3 is 5.73 Å². The monoisotopic (exact) mass is 213 g/mol. The molecule has 0 aromatic heterocycles. The van der Waals surface area contributed by atoms with Crippen molar-refractivity contribution in [2.45, 2.75) is 33.2 Å². The molecule has 15 heavy (non-hydrogen) atoms. The number of hydrogen-bond acceptors (Lipinski definition) is 1. The second kappa shape index (κ2) is 4.27. The third-order valence-electron chi connectivity index (χ3n) is 3.06. The molecule has 0 bridgehead atoms. The third kappa shape index (κ3) is 2.53. The van der Waals surface area contributed by atoms with Crippen LogP contribution in [-0.4, -0.2) is 0 Å². The fraction of sp³-hybridized carbons (Fsp3) is 0.500. The van der Waals surface area contributed by atoms with E-state index in [4.69, 9.17) is 5.73 Å². The Bertz CT molecular complexity index is 347. The van der Waals surface area contributed by atoms with E-state index in [2.05, 4.69) is 0 Å². The molecule has 0 saturated heterocycles. The van der Waals surface area contributed by atoms with Crippen molar-refractivity contribution in [3.8, 4) is 0 Å². The van der Waals surface area contributed by atoms with E-state index >= 15 is 0 Å². The lowest BCUT2D eigenvalue weighted by Gasteiger charge is -2.30. The van der Waals surface area contributed by atoms with Crippen LogP contribution in [-0.2, 0) is 0 Å². The summed E-state index contributed by atoms with van der Waals surface area (Å²) < 4.78 is 25.7. The molecule has 84 valence electrons. The molecule has 3 heteroatoms. The lowest BCUT2D eigenvalue weighted by atomic mass is 9.79. The molecule has 0 aliphatic rings. The molecule has 0 heterocycles. The molecular weight excluding hydrogens is 196 g/mol. The van der Waals surface area contributed by atoms with E-state index in [9.17, 15) is 8.78 Å². The van der Waals surface area contributed by atoms with Crippen LogP contribution in [0.4, 0.5) is 8.78 Å². The van der Waals surface area contributed by atoms with Crippen LogP contribution in [0.25, 0.3) is 0 Å². The number of halogens is 2. The van der Waals surface area contributed by atoms with E-state index in [-0.39, 0.29) is 11.5 Å². The van der Waals surface area contributed by atoms with Crippen LogP contribution in [0.1, 0.15) is 38.8 Å². The first-order valence-corrected chi connectivity index (χ1v) is 5.09. The van der Waals surface area contributed by atoms with Gasteiger partial charge in [0, 0.05) is 6.04 Å². The van der Waals surface area contributed by atoms with Gasteiger partial charge in [-0.05, 0) is 29.5 Å². The van der Waals surface area contributed by atoms with Crippen molar-refractivity contribution < 1.29 is 8.78 Å². The highest BCUT2D eigenvalue weighted by atomic mass is 19.2. The Hall–Kier alpha value is -0.960. The fourth-order valence-electron chi connectivity index (χ4n) is 1.38. The van der Waals surface area contributed by atoms with Gasteiger partial charge in [0.2, 0.25) is 0 Å². The summed E-state index contributed by atoms with van der Waals surface area (Å²) >= 11 is 0. The second-order valence-electron chi connectivity index (χ2n) is 4.49. The maximum atomic E-state index is 13.0. The Morgan fingerprint density at radius 1 is 1.27 bits per heavy atom. The van der Waals surface area contributed by atoms with E-state index < -0.39 is 11.6 Å². The molecule has 1 aromatic rings. The van der Waals surface area contributed by atoms with Crippen molar-refractivity contribution in [3.63, 3.8) is 0 Å². The molecule has 0 fully saturated rings. The van der Waals surface area contributed by atoms with Crippen LogP contribution >= 0.6 is 0 Å². The zero-order valence-electron chi connectivity index (χ0n) is 9.35. The van der Waals surface area contributed by atoms with Gasteiger partial charge in [-0.2, -0.15) is 0 Å². The Balaban J connectivity index is 3.02. The van der Waals surface area contributed by atoms with Crippen molar-refractivity contribution in [2.75, 3.05) is 0 Å². The highest BCUT2D eigenvalue weighted by Crippen LogP contribution is 2.34. The number of hydrogen-bond donors (Lipinski definition) is 1. The van der Waals surface area contributed by atoms with E-state index in [0.717, 1.165) is 12.5 Å². The first kappa shape index (κ1) is 12.1. The molecule has 1 rings (SSSR count). The predicted molar refractivity (Wildman–Crippen MR) is 57.4 cm³/mol. The van der Waals surface area contributed by atoms with Crippen molar-refractivity contribution >= 4 is 0 Å². The zero-order valence-corrected chi connectivity index (χ0v) is 9.35. The molecule has 2 N–H and O–H groups in total. The highest BCUT2D eigenvalue weighted by molar-refractivity contribution is 5.22. The van der Waals surface area contributed by atoms with Gasteiger partial charge in [-0.1, -0.05) is 26.8 Å². The molecule has 0 amide bonds. The minimum absolute atomic E-state index is 0.121. The lowest BCUT2D eigenvalue weighted by molar-refractivity contribution is 0.277. The Morgan fingerprint density at radius 3 is 2.33 bits per heavy atom. The van der Waals surface area contributed by atoms with Crippen LogP contribution in [0.15, 0.2) is 18.2 Å². The minimum atomic E-state index is -0.838. The van der Waals surface area contributed by atoms with Gasteiger partial charge >= 0.3 is 0 Å². The Kier molecular flexibility index (Phi) is 3.45. The molecule has 1 nitrogen and oxygen atoms in total. The van der Waals surface area contributed by atoms with Gasteiger partial charge in [0.1, 0.15) is 0 Å². The summed E-state index contributed by atoms with van der Waals surface area (Å²) in [5.41, 5.74) is 6.53. The van der Waals surface area contributed by atoms with E-state index in [1.165, 1.54) is 6.07 Å². The molecule has 0 aliphatic carbocycles. The van der Waals surface area contributed by atoms with Crippen LogP contribution in [0.3, 0.4) is 0 Å². The molecule has 0 radical (unpaired) electrons. The largest absolute Gasteiger partial charge is 0.324 e. The first-order chi connectivity index (χ1) is 6.88. The summed E-state index contributed by atoms with van der Waals surface area (Å²) in [6, 6.07) is 3.56. The van der Waals surface area contributed by atoms with Gasteiger partial charge in [-0.15, -0.1) is 0 Å².